The molecule has 1 N–H and O–H groups in total. The fourth-order valence-electron chi connectivity index (χ4n) is 5.49. The summed E-state index contributed by atoms with van der Waals surface area (Å²) in [6.07, 6.45) is 5.05. The molecule has 1 atom stereocenters. The van der Waals surface area contributed by atoms with Crippen LogP contribution in [0.25, 0.3) is 0 Å². The number of hydrogen-bond acceptors (Lipinski definition) is 6. The van der Waals surface area contributed by atoms with Crippen LogP contribution in [0, 0.1) is 11.6 Å². The Kier molecular flexibility index (Phi) is 11.4. The number of amides is 2. The molecular formula is C33H39F2N3O6S. The molecule has 12 heteroatoms. The Bertz CT molecular complexity index is 1560. The molecule has 4 rings (SSSR count). The first-order chi connectivity index (χ1) is 21.6. The second kappa shape index (κ2) is 15.2. The third-order valence-corrected chi connectivity index (χ3v) is 9.71. The Hall–Kier alpha value is -4.19. The number of ether oxygens (including phenoxy) is 2. The average molecular weight is 644 g/mol. The minimum absolute atomic E-state index is 0.00998. The highest BCUT2D eigenvalue weighted by Crippen LogP contribution is 2.32. The molecular weight excluding hydrogens is 604 g/mol. The molecule has 2 amide bonds. The van der Waals surface area contributed by atoms with E-state index in [2.05, 4.69) is 5.32 Å². The van der Waals surface area contributed by atoms with Gasteiger partial charge in [-0.1, -0.05) is 38.3 Å². The van der Waals surface area contributed by atoms with Gasteiger partial charge in [0.25, 0.3) is 10.0 Å². The number of methoxy groups -OCH3 is 2. The number of sulfonamides is 1. The van der Waals surface area contributed by atoms with Crippen molar-refractivity contribution >= 4 is 27.5 Å². The van der Waals surface area contributed by atoms with E-state index < -0.39 is 40.2 Å². The molecule has 1 fully saturated rings. The molecule has 45 heavy (non-hydrogen) atoms. The molecule has 9 nitrogen and oxygen atoms in total. The van der Waals surface area contributed by atoms with Gasteiger partial charge in [-0.05, 0) is 73.4 Å². The molecule has 1 aliphatic carbocycles. The zero-order valence-electron chi connectivity index (χ0n) is 25.7. The first kappa shape index (κ1) is 33.7. The largest absolute Gasteiger partial charge is 0.493 e. The second-order valence-electron chi connectivity index (χ2n) is 10.9. The predicted octanol–water partition coefficient (Wildman–Crippen LogP) is 5.43. The molecule has 0 radical (unpaired) electrons. The van der Waals surface area contributed by atoms with Gasteiger partial charge in [-0.15, -0.1) is 0 Å². The molecule has 1 saturated carbocycles. The lowest BCUT2D eigenvalue weighted by atomic mass is 9.95. The van der Waals surface area contributed by atoms with E-state index in [1.807, 2.05) is 0 Å². The first-order valence-electron chi connectivity index (χ1n) is 14.9. The highest BCUT2D eigenvalue weighted by Gasteiger charge is 2.35. The lowest BCUT2D eigenvalue weighted by Crippen LogP contribution is -2.54. The SMILES string of the molecule is CC[C@H](C(=O)NC1CCCCC1)N(Cc1ccc(F)cc1)C(=O)CN(c1ccc(F)cc1)S(=O)(=O)c1ccc(OC)c(OC)c1. The molecule has 0 spiro atoms. The van der Waals surface area contributed by atoms with Crippen molar-refractivity contribution in [3.63, 3.8) is 0 Å². The predicted molar refractivity (Wildman–Crippen MR) is 167 cm³/mol. The van der Waals surface area contributed by atoms with Crippen molar-refractivity contribution < 1.29 is 36.3 Å². The van der Waals surface area contributed by atoms with Gasteiger partial charge in [0, 0.05) is 18.7 Å². The van der Waals surface area contributed by atoms with Gasteiger partial charge in [-0.3, -0.25) is 13.9 Å². The topological polar surface area (TPSA) is 105 Å². The van der Waals surface area contributed by atoms with Gasteiger partial charge in [-0.2, -0.15) is 0 Å². The standard InChI is InChI=1S/C33H39F2N3O6S/c1-4-29(33(40)36-26-8-6-5-7-9-26)37(21-23-10-12-24(34)13-11-23)32(39)22-38(27-16-14-25(35)15-17-27)45(41,42)28-18-19-30(43-2)31(20-28)44-3/h10-20,26,29H,4-9,21-22H2,1-3H3,(H,36,40)/t29-/m1/s1. The van der Waals surface area contributed by atoms with Crippen LogP contribution in [0.1, 0.15) is 51.0 Å². The van der Waals surface area contributed by atoms with Gasteiger partial charge in [-0.25, -0.2) is 17.2 Å². The summed E-state index contributed by atoms with van der Waals surface area (Å²) < 4.78 is 67.3. The van der Waals surface area contributed by atoms with Crippen molar-refractivity contribution in [1.29, 1.82) is 0 Å². The van der Waals surface area contributed by atoms with Crippen molar-refractivity contribution in [2.75, 3.05) is 25.1 Å². The smallest absolute Gasteiger partial charge is 0.264 e. The Morgan fingerprint density at radius 3 is 2.07 bits per heavy atom. The second-order valence-corrected chi connectivity index (χ2v) is 12.8. The third-order valence-electron chi connectivity index (χ3n) is 7.94. The minimum atomic E-state index is -4.43. The Morgan fingerprint density at radius 2 is 1.49 bits per heavy atom. The highest BCUT2D eigenvalue weighted by atomic mass is 32.2. The van der Waals surface area contributed by atoms with Crippen LogP contribution in [0.4, 0.5) is 14.5 Å². The lowest BCUT2D eigenvalue weighted by molar-refractivity contribution is -0.140. The molecule has 0 saturated heterocycles. The van der Waals surface area contributed by atoms with E-state index in [0.29, 0.717) is 11.3 Å². The summed E-state index contributed by atoms with van der Waals surface area (Å²) in [7, 11) is -1.65. The average Bonchev–Trinajstić information content (AvgIpc) is 3.04. The van der Waals surface area contributed by atoms with E-state index in [9.17, 15) is 26.8 Å². The van der Waals surface area contributed by atoms with Crippen molar-refractivity contribution in [2.24, 2.45) is 0 Å². The van der Waals surface area contributed by atoms with E-state index in [0.717, 1.165) is 48.5 Å². The summed E-state index contributed by atoms with van der Waals surface area (Å²) in [5.41, 5.74) is 0.603. The van der Waals surface area contributed by atoms with E-state index in [4.69, 9.17) is 9.47 Å². The quantitative estimate of drug-likeness (QED) is 0.266. The first-order valence-corrected chi connectivity index (χ1v) is 16.4. The number of halogens is 2. The molecule has 1 aliphatic rings. The maximum Gasteiger partial charge on any atom is 0.264 e. The van der Waals surface area contributed by atoms with Gasteiger partial charge in [0.05, 0.1) is 24.8 Å². The number of rotatable bonds is 13. The fourth-order valence-corrected chi connectivity index (χ4v) is 6.92. The molecule has 0 heterocycles. The summed E-state index contributed by atoms with van der Waals surface area (Å²) in [6, 6.07) is 13.3. The molecule has 3 aromatic carbocycles. The third kappa shape index (κ3) is 8.30. The molecule has 0 aliphatic heterocycles. The number of carbonyl (C=O) groups excluding carboxylic acids is 2. The zero-order valence-corrected chi connectivity index (χ0v) is 26.5. The van der Waals surface area contributed by atoms with Crippen molar-refractivity contribution in [1.82, 2.24) is 10.2 Å². The molecule has 3 aromatic rings. The highest BCUT2D eigenvalue weighted by molar-refractivity contribution is 7.92. The van der Waals surface area contributed by atoms with Crippen molar-refractivity contribution in [2.45, 2.75) is 69.0 Å². The number of benzene rings is 3. The van der Waals surface area contributed by atoms with Gasteiger partial charge < -0.3 is 19.7 Å². The normalized spacial score (nSPS) is 14.3. The molecule has 242 valence electrons. The lowest BCUT2D eigenvalue weighted by Gasteiger charge is -2.34. The summed E-state index contributed by atoms with van der Waals surface area (Å²) >= 11 is 0. The van der Waals surface area contributed by atoms with Crippen LogP contribution in [0.2, 0.25) is 0 Å². The Balaban J connectivity index is 1.73. The number of carbonyl (C=O) groups is 2. The number of nitrogens with one attached hydrogen (secondary N) is 1. The molecule has 0 bridgehead atoms. The van der Waals surface area contributed by atoms with Crippen LogP contribution in [0.5, 0.6) is 11.5 Å². The minimum Gasteiger partial charge on any atom is -0.493 e. The summed E-state index contributed by atoms with van der Waals surface area (Å²) in [6.45, 7) is 1.01. The van der Waals surface area contributed by atoms with Crippen LogP contribution < -0.4 is 19.1 Å². The van der Waals surface area contributed by atoms with Crippen LogP contribution >= 0.6 is 0 Å². The van der Waals surface area contributed by atoms with Gasteiger partial charge in [0.15, 0.2) is 11.5 Å². The van der Waals surface area contributed by atoms with Crippen LogP contribution in [-0.4, -0.2) is 58.0 Å². The molecule has 0 aromatic heterocycles. The van der Waals surface area contributed by atoms with Crippen LogP contribution in [0.15, 0.2) is 71.6 Å². The Morgan fingerprint density at radius 1 is 0.889 bits per heavy atom. The number of nitrogens with zero attached hydrogens (tertiary/aromatic N) is 2. The van der Waals surface area contributed by atoms with E-state index in [1.54, 1.807) is 6.92 Å². The number of hydrogen-bond donors (Lipinski definition) is 1. The van der Waals surface area contributed by atoms with E-state index in [1.165, 1.54) is 73.7 Å². The fraction of sp³-hybridized carbons (Fsp3) is 0.394. The maximum atomic E-state index is 14.2. The van der Waals surface area contributed by atoms with Crippen molar-refractivity contribution in [3.05, 3.63) is 83.9 Å². The summed E-state index contributed by atoms with van der Waals surface area (Å²) in [4.78, 5) is 29.0. The van der Waals surface area contributed by atoms with Crippen molar-refractivity contribution in [3.8, 4) is 11.5 Å². The Labute approximate surface area is 263 Å². The summed E-state index contributed by atoms with van der Waals surface area (Å²) in [5, 5.41) is 3.08. The van der Waals surface area contributed by atoms with Gasteiger partial charge in [0.2, 0.25) is 11.8 Å². The van der Waals surface area contributed by atoms with Gasteiger partial charge >= 0.3 is 0 Å². The zero-order chi connectivity index (χ0) is 32.6. The monoisotopic (exact) mass is 643 g/mol. The molecule has 0 unspecified atom stereocenters. The van der Waals surface area contributed by atoms with Gasteiger partial charge in [0.1, 0.15) is 24.2 Å². The maximum absolute atomic E-state index is 14.2. The summed E-state index contributed by atoms with van der Waals surface area (Å²) in [5.74, 6) is -1.58. The van der Waals surface area contributed by atoms with E-state index in [-0.39, 0.29) is 41.2 Å². The number of anilines is 1. The van der Waals surface area contributed by atoms with E-state index >= 15 is 0 Å². The van der Waals surface area contributed by atoms with Crippen LogP contribution in [0.3, 0.4) is 0 Å². The van der Waals surface area contributed by atoms with Crippen LogP contribution in [-0.2, 0) is 26.2 Å².